The second kappa shape index (κ2) is 5.85. The van der Waals surface area contributed by atoms with E-state index < -0.39 is 6.10 Å². The first kappa shape index (κ1) is 13.6. The quantitative estimate of drug-likeness (QED) is 0.883. The molecule has 0 aliphatic heterocycles. The van der Waals surface area contributed by atoms with E-state index >= 15 is 0 Å². The Labute approximate surface area is 114 Å². The van der Waals surface area contributed by atoms with Gasteiger partial charge in [-0.3, -0.25) is 4.98 Å². The Balaban J connectivity index is 2.12. The SMILES string of the molecule is CC(C)c1ccc(C(O)Cc2cnccc2N)cc1. The number of pyridine rings is 1. The Morgan fingerprint density at radius 1 is 1.11 bits per heavy atom. The van der Waals surface area contributed by atoms with Crippen molar-refractivity contribution in [2.75, 3.05) is 5.73 Å². The summed E-state index contributed by atoms with van der Waals surface area (Å²) in [5, 5.41) is 10.2. The minimum Gasteiger partial charge on any atom is -0.398 e. The van der Waals surface area contributed by atoms with Gasteiger partial charge in [0.1, 0.15) is 0 Å². The number of aromatic nitrogens is 1. The molecule has 2 aromatic rings. The van der Waals surface area contributed by atoms with Gasteiger partial charge in [0.25, 0.3) is 0 Å². The van der Waals surface area contributed by atoms with Crippen LogP contribution in [-0.4, -0.2) is 10.1 Å². The number of hydrogen-bond donors (Lipinski definition) is 2. The molecule has 3 N–H and O–H groups in total. The number of aliphatic hydroxyl groups is 1. The highest BCUT2D eigenvalue weighted by atomic mass is 16.3. The van der Waals surface area contributed by atoms with Crippen molar-refractivity contribution >= 4 is 5.69 Å². The molecule has 1 aromatic heterocycles. The fourth-order valence-corrected chi connectivity index (χ4v) is 2.04. The molecule has 0 saturated heterocycles. The minimum absolute atomic E-state index is 0.487. The molecule has 3 heteroatoms. The van der Waals surface area contributed by atoms with Gasteiger partial charge in [0, 0.05) is 24.5 Å². The average Bonchev–Trinajstić information content (AvgIpc) is 2.41. The van der Waals surface area contributed by atoms with Crippen LogP contribution in [0.3, 0.4) is 0 Å². The molecule has 19 heavy (non-hydrogen) atoms. The van der Waals surface area contributed by atoms with Crippen LogP contribution in [0.2, 0.25) is 0 Å². The van der Waals surface area contributed by atoms with Gasteiger partial charge < -0.3 is 10.8 Å². The molecule has 0 bridgehead atoms. The standard InChI is InChI=1S/C16H20N2O/c1-11(2)12-3-5-13(6-4-12)16(19)9-14-10-18-8-7-15(14)17/h3-8,10-11,16,19H,9H2,1-2H3,(H2,17,18). The van der Waals surface area contributed by atoms with Crippen LogP contribution in [0.1, 0.15) is 42.6 Å². The molecule has 0 saturated carbocycles. The van der Waals surface area contributed by atoms with Crippen LogP contribution in [0.15, 0.2) is 42.7 Å². The van der Waals surface area contributed by atoms with Crippen LogP contribution < -0.4 is 5.73 Å². The predicted octanol–water partition coefficient (Wildman–Crippen LogP) is 3.06. The summed E-state index contributed by atoms with van der Waals surface area (Å²) in [7, 11) is 0. The first-order valence-corrected chi connectivity index (χ1v) is 6.54. The second-order valence-electron chi connectivity index (χ2n) is 5.12. The maximum absolute atomic E-state index is 10.2. The molecule has 2 rings (SSSR count). The van der Waals surface area contributed by atoms with Crippen molar-refractivity contribution in [3.05, 3.63) is 59.4 Å². The van der Waals surface area contributed by atoms with E-state index in [0.717, 1.165) is 11.1 Å². The molecule has 0 aliphatic rings. The van der Waals surface area contributed by atoms with Gasteiger partial charge in [-0.1, -0.05) is 38.1 Å². The zero-order valence-corrected chi connectivity index (χ0v) is 11.4. The second-order valence-corrected chi connectivity index (χ2v) is 5.12. The van der Waals surface area contributed by atoms with Crippen LogP contribution in [0.25, 0.3) is 0 Å². The van der Waals surface area contributed by atoms with E-state index in [2.05, 4.69) is 31.0 Å². The molecule has 0 spiro atoms. The summed E-state index contributed by atoms with van der Waals surface area (Å²) >= 11 is 0. The van der Waals surface area contributed by atoms with E-state index in [1.165, 1.54) is 5.56 Å². The highest BCUT2D eigenvalue weighted by molar-refractivity contribution is 5.45. The summed E-state index contributed by atoms with van der Waals surface area (Å²) in [5.41, 5.74) is 9.60. The van der Waals surface area contributed by atoms with Crippen molar-refractivity contribution < 1.29 is 5.11 Å². The number of nitrogens with two attached hydrogens (primary N) is 1. The Kier molecular flexibility index (Phi) is 4.17. The Bertz CT molecular complexity index is 535. The molecule has 0 radical (unpaired) electrons. The summed E-state index contributed by atoms with van der Waals surface area (Å²) in [4.78, 5) is 4.04. The van der Waals surface area contributed by atoms with E-state index in [1.54, 1.807) is 18.5 Å². The fraction of sp³-hybridized carbons (Fsp3) is 0.312. The van der Waals surface area contributed by atoms with Crippen LogP contribution in [-0.2, 0) is 6.42 Å². The van der Waals surface area contributed by atoms with Gasteiger partial charge in [0.15, 0.2) is 0 Å². The molecule has 0 amide bonds. The Morgan fingerprint density at radius 2 is 1.74 bits per heavy atom. The minimum atomic E-state index is -0.548. The number of anilines is 1. The number of hydrogen-bond acceptors (Lipinski definition) is 3. The lowest BCUT2D eigenvalue weighted by molar-refractivity contribution is 0.178. The van der Waals surface area contributed by atoms with Gasteiger partial charge in [-0.05, 0) is 28.7 Å². The zero-order valence-electron chi connectivity index (χ0n) is 11.4. The van der Waals surface area contributed by atoms with Gasteiger partial charge in [-0.15, -0.1) is 0 Å². The molecular weight excluding hydrogens is 236 g/mol. The third kappa shape index (κ3) is 3.32. The molecule has 100 valence electrons. The predicted molar refractivity (Wildman–Crippen MR) is 77.8 cm³/mol. The monoisotopic (exact) mass is 256 g/mol. The summed E-state index contributed by atoms with van der Waals surface area (Å²) in [5.74, 6) is 0.500. The van der Waals surface area contributed by atoms with Gasteiger partial charge in [0.2, 0.25) is 0 Å². The van der Waals surface area contributed by atoms with Gasteiger partial charge in [-0.25, -0.2) is 0 Å². The van der Waals surface area contributed by atoms with E-state index in [1.807, 2.05) is 12.1 Å². The number of rotatable bonds is 4. The molecule has 1 heterocycles. The molecular formula is C16H20N2O. The van der Waals surface area contributed by atoms with Gasteiger partial charge >= 0.3 is 0 Å². The van der Waals surface area contributed by atoms with E-state index in [4.69, 9.17) is 5.73 Å². The van der Waals surface area contributed by atoms with Crippen LogP contribution in [0.4, 0.5) is 5.69 Å². The molecule has 0 aliphatic carbocycles. The Morgan fingerprint density at radius 3 is 2.32 bits per heavy atom. The highest BCUT2D eigenvalue weighted by Crippen LogP contribution is 2.23. The van der Waals surface area contributed by atoms with Crippen molar-refractivity contribution in [2.45, 2.75) is 32.3 Å². The average molecular weight is 256 g/mol. The van der Waals surface area contributed by atoms with Crippen molar-refractivity contribution in [1.29, 1.82) is 0 Å². The summed E-state index contributed by atoms with van der Waals surface area (Å²) in [6, 6.07) is 9.84. The first-order valence-electron chi connectivity index (χ1n) is 6.54. The van der Waals surface area contributed by atoms with Crippen molar-refractivity contribution in [3.8, 4) is 0 Å². The topological polar surface area (TPSA) is 59.1 Å². The number of nitrogen functional groups attached to an aromatic ring is 1. The number of nitrogens with zero attached hydrogens (tertiary/aromatic N) is 1. The molecule has 0 fully saturated rings. The van der Waals surface area contributed by atoms with Crippen molar-refractivity contribution in [3.63, 3.8) is 0 Å². The fourth-order valence-electron chi connectivity index (χ4n) is 2.04. The molecule has 1 unspecified atom stereocenters. The number of benzene rings is 1. The van der Waals surface area contributed by atoms with E-state index in [9.17, 15) is 5.11 Å². The number of aliphatic hydroxyl groups excluding tert-OH is 1. The lowest BCUT2D eigenvalue weighted by Crippen LogP contribution is -2.05. The maximum atomic E-state index is 10.2. The summed E-state index contributed by atoms with van der Waals surface area (Å²) in [6.07, 6.45) is 3.30. The molecule has 3 nitrogen and oxygen atoms in total. The summed E-state index contributed by atoms with van der Waals surface area (Å²) in [6.45, 7) is 4.31. The van der Waals surface area contributed by atoms with Crippen molar-refractivity contribution in [1.82, 2.24) is 4.98 Å². The van der Waals surface area contributed by atoms with Crippen molar-refractivity contribution in [2.24, 2.45) is 0 Å². The van der Waals surface area contributed by atoms with Gasteiger partial charge in [-0.2, -0.15) is 0 Å². The lowest BCUT2D eigenvalue weighted by atomic mass is 9.97. The van der Waals surface area contributed by atoms with Crippen LogP contribution in [0.5, 0.6) is 0 Å². The maximum Gasteiger partial charge on any atom is 0.0831 e. The molecule has 1 aromatic carbocycles. The highest BCUT2D eigenvalue weighted by Gasteiger charge is 2.11. The molecule has 1 atom stereocenters. The van der Waals surface area contributed by atoms with E-state index in [-0.39, 0.29) is 0 Å². The van der Waals surface area contributed by atoms with Crippen LogP contribution >= 0.6 is 0 Å². The third-order valence-electron chi connectivity index (χ3n) is 3.34. The van der Waals surface area contributed by atoms with E-state index in [0.29, 0.717) is 18.0 Å². The zero-order chi connectivity index (χ0) is 13.8. The summed E-state index contributed by atoms with van der Waals surface area (Å²) < 4.78 is 0. The lowest BCUT2D eigenvalue weighted by Gasteiger charge is -2.13. The normalized spacial score (nSPS) is 12.6. The largest absolute Gasteiger partial charge is 0.398 e. The first-order chi connectivity index (χ1) is 9.08. The third-order valence-corrected chi connectivity index (χ3v) is 3.34. The van der Waals surface area contributed by atoms with Gasteiger partial charge in [0.05, 0.1) is 6.10 Å². The smallest absolute Gasteiger partial charge is 0.0831 e. The Hall–Kier alpha value is -1.87. The van der Waals surface area contributed by atoms with Crippen LogP contribution in [0, 0.1) is 0 Å².